The van der Waals surface area contributed by atoms with E-state index in [2.05, 4.69) is 31.4 Å². The van der Waals surface area contributed by atoms with Crippen LogP contribution in [0.2, 0.25) is 5.02 Å². The van der Waals surface area contributed by atoms with E-state index in [9.17, 15) is 4.79 Å². The van der Waals surface area contributed by atoms with Crippen LogP contribution in [0.25, 0.3) is 0 Å². The average molecular weight is 252 g/mol. The molecule has 0 bridgehead atoms. The molecule has 66 valence electrons. The van der Waals surface area contributed by atoms with E-state index >= 15 is 0 Å². The van der Waals surface area contributed by atoms with Gasteiger partial charge < -0.3 is 5.32 Å². The Bertz CT molecular complexity index is 314. The molecule has 6 heteroatoms. The van der Waals surface area contributed by atoms with Crippen LogP contribution in [0.15, 0.2) is 11.0 Å². The third-order valence-electron chi connectivity index (χ3n) is 1.21. The molecule has 1 heterocycles. The lowest BCUT2D eigenvalue weighted by Crippen LogP contribution is -2.12. The van der Waals surface area contributed by atoms with Crippen LogP contribution in [0.3, 0.4) is 0 Å². The van der Waals surface area contributed by atoms with Crippen LogP contribution in [-0.2, 0) is 0 Å². The molecule has 0 atom stereocenters. The van der Waals surface area contributed by atoms with E-state index in [0.29, 0.717) is 12.2 Å². The predicted octanol–water partition coefficient (Wildman–Crippen LogP) is 1.23. The molecule has 0 aromatic carbocycles. The number of hydrogen-bond acceptors (Lipinski definition) is 3. The minimum Gasteiger partial charge on any atom is -0.382 e. The Morgan fingerprint density at radius 2 is 2.50 bits per heavy atom. The lowest BCUT2D eigenvalue weighted by molar-refractivity contribution is 0.985. The first kappa shape index (κ1) is 9.54. The summed E-state index contributed by atoms with van der Waals surface area (Å²) in [5.74, 6) is 0. The molecule has 1 aromatic heterocycles. The Balaban J connectivity index is 2.85. The van der Waals surface area contributed by atoms with E-state index in [1.165, 1.54) is 6.20 Å². The fourth-order valence-electron chi connectivity index (χ4n) is 0.689. The zero-order chi connectivity index (χ0) is 8.97. The van der Waals surface area contributed by atoms with Gasteiger partial charge >= 0.3 is 0 Å². The summed E-state index contributed by atoms with van der Waals surface area (Å²) in [6, 6.07) is 0. The molecule has 0 saturated heterocycles. The van der Waals surface area contributed by atoms with Crippen molar-refractivity contribution in [1.82, 2.24) is 10.2 Å². The molecule has 0 aliphatic rings. The molecule has 0 saturated carbocycles. The highest BCUT2D eigenvalue weighted by molar-refractivity contribution is 9.09. The van der Waals surface area contributed by atoms with Gasteiger partial charge in [-0.05, 0) is 0 Å². The minimum absolute atomic E-state index is 0.144. The summed E-state index contributed by atoms with van der Waals surface area (Å²) in [7, 11) is 0. The molecule has 0 aliphatic carbocycles. The monoisotopic (exact) mass is 251 g/mol. The average Bonchev–Trinajstić information content (AvgIpc) is 2.08. The SMILES string of the molecule is O=c1[nH]ncc(NCCBr)c1Cl. The van der Waals surface area contributed by atoms with Crippen molar-refractivity contribution in [3.63, 3.8) is 0 Å². The van der Waals surface area contributed by atoms with Crippen LogP contribution in [-0.4, -0.2) is 22.1 Å². The summed E-state index contributed by atoms with van der Waals surface area (Å²) in [6.45, 7) is 0.699. The van der Waals surface area contributed by atoms with Crippen molar-refractivity contribution >= 4 is 33.2 Å². The number of alkyl halides is 1. The number of hydrogen-bond donors (Lipinski definition) is 2. The van der Waals surface area contributed by atoms with Crippen LogP contribution in [0, 0.1) is 0 Å². The van der Waals surface area contributed by atoms with Gasteiger partial charge in [0.05, 0.1) is 11.9 Å². The molecule has 1 aromatic rings. The van der Waals surface area contributed by atoms with Crippen molar-refractivity contribution in [3.05, 3.63) is 21.6 Å². The van der Waals surface area contributed by atoms with Crippen LogP contribution in [0.5, 0.6) is 0 Å². The number of aromatic amines is 1. The summed E-state index contributed by atoms with van der Waals surface area (Å²) >= 11 is 8.91. The molecule has 1 rings (SSSR count). The van der Waals surface area contributed by atoms with Gasteiger partial charge in [-0.3, -0.25) is 4.79 Å². The Morgan fingerprint density at radius 3 is 3.17 bits per heavy atom. The van der Waals surface area contributed by atoms with E-state index in [4.69, 9.17) is 11.6 Å². The van der Waals surface area contributed by atoms with Crippen LogP contribution >= 0.6 is 27.5 Å². The number of nitrogens with zero attached hydrogens (tertiary/aromatic N) is 1. The summed E-state index contributed by atoms with van der Waals surface area (Å²) in [4.78, 5) is 10.9. The van der Waals surface area contributed by atoms with Crippen LogP contribution in [0.4, 0.5) is 5.69 Å². The molecule has 0 radical (unpaired) electrons. The summed E-state index contributed by atoms with van der Waals surface area (Å²) in [5, 5.41) is 9.70. The third-order valence-corrected chi connectivity index (χ3v) is 1.98. The summed E-state index contributed by atoms with van der Waals surface area (Å²) in [6.07, 6.45) is 1.48. The normalized spacial score (nSPS) is 9.83. The first-order valence-corrected chi connectivity index (χ1v) is 4.78. The lowest BCUT2D eigenvalue weighted by atomic mass is 10.4. The Morgan fingerprint density at radius 1 is 1.75 bits per heavy atom. The van der Waals surface area contributed by atoms with Crippen LogP contribution < -0.4 is 10.9 Å². The highest BCUT2D eigenvalue weighted by Crippen LogP contribution is 2.13. The third kappa shape index (κ3) is 2.22. The van der Waals surface area contributed by atoms with Crippen molar-refractivity contribution in [2.45, 2.75) is 0 Å². The number of H-pyrrole nitrogens is 1. The minimum atomic E-state index is -0.378. The van der Waals surface area contributed by atoms with E-state index in [1.807, 2.05) is 0 Å². The number of aromatic nitrogens is 2. The second-order valence-electron chi connectivity index (χ2n) is 2.04. The smallest absolute Gasteiger partial charge is 0.285 e. The maximum absolute atomic E-state index is 10.9. The van der Waals surface area contributed by atoms with Crippen molar-refractivity contribution in [2.24, 2.45) is 0 Å². The molecule has 0 aliphatic heterocycles. The van der Waals surface area contributed by atoms with Crippen molar-refractivity contribution in [3.8, 4) is 0 Å². The fraction of sp³-hybridized carbons (Fsp3) is 0.333. The van der Waals surface area contributed by atoms with Gasteiger partial charge in [0.1, 0.15) is 5.02 Å². The topological polar surface area (TPSA) is 57.8 Å². The molecule has 0 unspecified atom stereocenters. The standard InChI is InChI=1S/C6H7BrClN3O/c7-1-2-9-4-3-10-11-6(12)5(4)8/h3H,1-2H2,(H2,9,11,12). The fourth-order valence-corrected chi connectivity index (χ4v) is 1.04. The van der Waals surface area contributed by atoms with Gasteiger partial charge in [0.25, 0.3) is 5.56 Å². The Hall–Kier alpha value is -0.550. The maximum atomic E-state index is 10.9. The number of halogens is 2. The van der Waals surface area contributed by atoms with Crippen molar-refractivity contribution in [1.29, 1.82) is 0 Å². The van der Waals surface area contributed by atoms with E-state index in [0.717, 1.165) is 5.33 Å². The second kappa shape index (κ2) is 4.47. The number of nitrogens with one attached hydrogen (secondary N) is 2. The highest BCUT2D eigenvalue weighted by atomic mass is 79.9. The van der Waals surface area contributed by atoms with Crippen molar-refractivity contribution < 1.29 is 0 Å². The largest absolute Gasteiger partial charge is 0.382 e. The van der Waals surface area contributed by atoms with Gasteiger partial charge in [0, 0.05) is 11.9 Å². The van der Waals surface area contributed by atoms with Gasteiger partial charge in [0.2, 0.25) is 0 Å². The molecule has 0 fully saturated rings. The van der Waals surface area contributed by atoms with Gasteiger partial charge in [-0.25, -0.2) is 5.10 Å². The second-order valence-corrected chi connectivity index (χ2v) is 3.21. The van der Waals surface area contributed by atoms with E-state index < -0.39 is 0 Å². The highest BCUT2D eigenvalue weighted by Gasteiger charge is 2.02. The molecular formula is C6H7BrClN3O. The molecule has 4 nitrogen and oxygen atoms in total. The number of rotatable bonds is 3. The number of anilines is 1. The zero-order valence-corrected chi connectivity index (χ0v) is 8.44. The van der Waals surface area contributed by atoms with Gasteiger partial charge in [-0.1, -0.05) is 27.5 Å². The van der Waals surface area contributed by atoms with Crippen molar-refractivity contribution in [2.75, 3.05) is 17.2 Å². The molecule has 12 heavy (non-hydrogen) atoms. The molecule has 0 amide bonds. The van der Waals surface area contributed by atoms with Gasteiger partial charge in [-0.15, -0.1) is 0 Å². The van der Waals surface area contributed by atoms with Gasteiger partial charge in [0.15, 0.2) is 0 Å². The predicted molar refractivity (Wildman–Crippen MR) is 52.2 cm³/mol. The van der Waals surface area contributed by atoms with E-state index in [-0.39, 0.29) is 10.6 Å². The molecular weight excluding hydrogens is 245 g/mol. The Kier molecular flexibility index (Phi) is 3.55. The van der Waals surface area contributed by atoms with Gasteiger partial charge in [-0.2, -0.15) is 5.10 Å². The van der Waals surface area contributed by atoms with Crippen LogP contribution in [0.1, 0.15) is 0 Å². The summed E-state index contributed by atoms with van der Waals surface area (Å²) in [5.41, 5.74) is 0.177. The first-order valence-electron chi connectivity index (χ1n) is 3.28. The Labute approximate surface area is 82.5 Å². The zero-order valence-electron chi connectivity index (χ0n) is 6.10. The lowest BCUT2D eigenvalue weighted by Gasteiger charge is -2.03. The van der Waals surface area contributed by atoms with E-state index in [1.54, 1.807) is 0 Å². The first-order chi connectivity index (χ1) is 5.75. The maximum Gasteiger partial charge on any atom is 0.285 e. The quantitative estimate of drug-likeness (QED) is 0.796. The summed E-state index contributed by atoms with van der Waals surface area (Å²) < 4.78 is 0. The molecule has 0 spiro atoms. The molecule has 2 N–H and O–H groups in total.